The molecule has 0 spiro atoms. The lowest BCUT2D eigenvalue weighted by molar-refractivity contribution is 0.171. The summed E-state index contributed by atoms with van der Waals surface area (Å²) in [6.45, 7) is 2.34. The second kappa shape index (κ2) is 5.36. The summed E-state index contributed by atoms with van der Waals surface area (Å²) in [5.41, 5.74) is 5.39. The molecule has 0 amide bonds. The summed E-state index contributed by atoms with van der Waals surface area (Å²) in [7, 11) is 2.24. The van der Waals surface area contributed by atoms with Crippen LogP contribution in [0.3, 0.4) is 0 Å². The van der Waals surface area contributed by atoms with Crippen molar-refractivity contribution >= 4 is 0 Å². The quantitative estimate of drug-likeness (QED) is 0.644. The van der Waals surface area contributed by atoms with Gasteiger partial charge in [-0.1, -0.05) is 84.9 Å². The summed E-state index contributed by atoms with van der Waals surface area (Å²) in [6.07, 6.45) is 0. The zero-order valence-corrected chi connectivity index (χ0v) is 13.6. The fraction of sp³-hybridized carbons (Fsp3) is 0.182. The second-order valence-corrected chi connectivity index (χ2v) is 6.45. The third-order valence-electron chi connectivity index (χ3n) is 5.32. The lowest BCUT2D eigenvalue weighted by Gasteiger charge is -2.37. The Bertz CT molecular complexity index is 810. The first kappa shape index (κ1) is 14.2. The average Bonchev–Trinajstić information content (AvgIpc) is 2.86. The third kappa shape index (κ3) is 2.04. The van der Waals surface area contributed by atoms with E-state index in [2.05, 4.69) is 104 Å². The van der Waals surface area contributed by atoms with Gasteiger partial charge < -0.3 is 0 Å². The van der Waals surface area contributed by atoms with Crippen LogP contribution in [-0.2, 0) is 5.54 Å². The Kier molecular flexibility index (Phi) is 3.32. The molecule has 0 N–H and O–H groups in total. The van der Waals surface area contributed by atoms with E-state index in [1.807, 2.05) is 0 Å². The van der Waals surface area contributed by atoms with Crippen molar-refractivity contribution < 1.29 is 0 Å². The number of benzene rings is 3. The molecule has 3 aromatic rings. The maximum absolute atomic E-state index is 2.50. The van der Waals surface area contributed by atoms with Gasteiger partial charge in [-0.2, -0.15) is 0 Å². The van der Waals surface area contributed by atoms with E-state index in [1.54, 1.807) is 0 Å². The first-order chi connectivity index (χ1) is 11.2. The maximum Gasteiger partial charge on any atom is 0.0695 e. The number of fused-ring (bicyclic) bond motifs is 1. The van der Waals surface area contributed by atoms with Crippen LogP contribution in [0, 0.1) is 0 Å². The largest absolute Gasteiger partial charge is 0.282 e. The molecular formula is C22H21N. The smallest absolute Gasteiger partial charge is 0.0695 e. The molecular weight excluding hydrogens is 278 g/mol. The molecule has 0 saturated heterocycles. The first-order valence-electron chi connectivity index (χ1n) is 8.16. The standard InChI is InChI=1S/C22H21N/c1-22(18-13-7-4-8-14-18)20-16-10-9-15-19(20)21(23(22)2)17-11-5-3-6-12-17/h3-16,21H,1-2H3. The van der Waals surface area contributed by atoms with Crippen molar-refractivity contribution in [2.75, 3.05) is 7.05 Å². The normalized spacial score (nSPS) is 23.7. The number of nitrogens with zero attached hydrogens (tertiary/aromatic N) is 1. The van der Waals surface area contributed by atoms with Gasteiger partial charge >= 0.3 is 0 Å². The van der Waals surface area contributed by atoms with Gasteiger partial charge in [0.15, 0.2) is 0 Å². The predicted molar refractivity (Wildman–Crippen MR) is 95.4 cm³/mol. The van der Waals surface area contributed by atoms with Crippen molar-refractivity contribution in [3.63, 3.8) is 0 Å². The molecule has 2 unspecified atom stereocenters. The van der Waals surface area contributed by atoms with Crippen LogP contribution >= 0.6 is 0 Å². The molecule has 1 heterocycles. The molecule has 0 aromatic heterocycles. The van der Waals surface area contributed by atoms with Crippen LogP contribution in [0.5, 0.6) is 0 Å². The topological polar surface area (TPSA) is 3.24 Å². The van der Waals surface area contributed by atoms with Crippen molar-refractivity contribution in [1.29, 1.82) is 0 Å². The van der Waals surface area contributed by atoms with Crippen molar-refractivity contribution in [1.82, 2.24) is 4.90 Å². The van der Waals surface area contributed by atoms with Crippen LogP contribution in [0.25, 0.3) is 0 Å². The summed E-state index contributed by atoms with van der Waals surface area (Å²) in [6, 6.07) is 30.8. The van der Waals surface area contributed by atoms with Crippen LogP contribution in [0.2, 0.25) is 0 Å². The SMILES string of the molecule is CN1C(c2ccccc2)c2ccccc2C1(C)c1ccccc1. The highest BCUT2D eigenvalue weighted by Crippen LogP contribution is 2.50. The molecule has 1 nitrogen and oxygen atoms in total. The van der Waals surface area contributed by atoms with E-state index in [9.17, 15) is 0 Å². The molecule has 0 saturated carbocycles. The van der Waals surface area contributed by atoms with E-state index >= 15 is 0 Å². The van der Waals surface area contributed by atoms with Gasteiger partial charge in [0.05, 0.1) is 11.6 Å². The number of rotatable bonds is 2. The molecule has 3 aromatic carbocycles. The lowest BCUT2D eigenvalue weighted by atomic mass is 9.84. The van der Waals surface area contributed by atoms with Gasteiger partial charge in [-0.05, 0) is 36.2 Å². The zero-order chi connectivity index (χ0) is 15.9. The summed E-state index contributed by atoms with van der Waals surface area (Å²) in [4.78, 5) is 2.50. The Labute approximate surface area is 138 Å². The molecule has 0 bridgehead atoms. The summed E-state index contributed by atoms with van der Waals surface area (Å²) in [5.74, 6) is 0. The van der Waals surface area contributed by atoms with Gasteiger partial charge in [-0.25, -0.2) is 0 Å². The molecule has 1 heteroatoms. The van der Waals surface area contributed by atoms with Crippen molar-refractivity contribution in [3.05, 3.63) is 107 Å². The van der Waals surface area contributed by atoms with Crippen LogP contribution in [-0.4, -0.2) is 11.9 Å². The predicted octanol–water partition coefficient (Wildman–Crippen LogP) is 4.98. The van der Waals surface area contributed by atoms with Crippen LogP contribution in [0.15, 0.2) is 84.9 Å². The van der Waals surface area contributed by atoms with Gasteiger partial charge in [0.2, 0.25) is 0 Å². The second-order valence-electron chi connectivity index (χ2n) is 6.45. The molecule has 1 aliphatic heterocycles. The minimum atomic E-state index is -0.113. The van der Waals surface area contributed by atoms with E-state index in [0.29, 0.717) is 0 Å². The van der Waals surface area contributed by atoms with E-state index in [-0.39, 0.29) is 11.6 Å². The monoisotopic (exact) mass is 299 g/mol. The van der Waals surface area contributed by atoms with Crippen LogP contribution < -0.4 is 0 Å². The Morgan fingerprint density at radius 1 is 0.739 bits per heavy atom. The van der Waals surface area contributed by atoms with Gasteiger partial charge in [-0.15, -0.1) is 0 Å². The highest BCUT2D eigenvalue weighted by molar-refractivity contribution is 5.51. The highest BCUT2D eigenvalue weighted by atomic mass is 15.2. The Morgan fingerprint density at radius 2 is 1.30 bits per heavy atom. The highest BCUT2D eigenvalue weighted by Gasteiger charge is 2.46. The van der Waals surface area contributed by atoms with Gasteiger partial charge in [-0.3, -0.25) is 4.90 Å². The third-order valence-corrected chi connectivity index (χ3v) is 5.32. The zero-order valence-electron chi connectivity index (χ0n) is 13.6. The fourth-order valence-electron chi connectivity index (χ4n) is 4.00. The number of hydrogen-bond acceptors (Lipinski definition) is 1. The summed E-state index contributed by atoms with van der Waals surface area (Å²) in [5, 5.41) is 0. The Hall–Kier alpha value is -2.38. The van der Waals surface area contributed by atoms with Gasteiger partial charge in [0.25, 0.3) is 0 Å². The fourth-order valence-corrected chi connectivity index (χ4v) is 4.00. The molecule has 1 aliphatic rings. The van der Waals surface area contributed by atoms with Crippen molar-refractivity contribution in [2.45, 2.75) is 18.5 Å². The van der Waals surface area contributed by atoms with E-state index in [1.165, 1.54) is 22.3 Å². The molecule has 0 aliphatic carbocycles. The number of hydrogen-bond donors (Lipinski definition) is 0. The molecule has 2 atom stereocenters. The van der Waals surface area contributed by atoms with Crippen molar-refractivity contribution in [2.24, 2.45) is 0 Å². The minimum absolute atomic E-state index is 0.113. The van der Waals surface area contributed by atoms with E-state index in [0.717, 1.165) is 0 Å². The van der Waals surface area contributed by atoms with Crippen LogP contribution in [0.1, 0.15) is 35.2 Å². The first-order valence-corrected chi connectivity index (χ1v) is 8.16. The lowest BCUT2D eigenvalue weighted by Crippen LogP contribution is -2.38. The summed E-state index contributed by atoms with van der Waals surface area (Å²) >= 11 is 0. The molecule has 23 heavy (non-hydrogen) atoms. The van der Waals surface area contributed by atoms with Crippen LogP contribution in [0.4, 0.5) is 0 Å². The molecule has 114 valence electrons. The Morgan fingerprint density at radius 3 is 2.00 bits per heavy atom. The maximum atomic E-state index is 2.50. The molecule has 0 radical (unpaired) electrons. The molecule has 4 rings (SSSR count). The summed E-state index contributed by atoms with van der Waals surface area (Å²) < 4.78 is 0. The Balaban J connectivity index is 1.94. The van der Waals surface area contributed by atoms with Gasteiger partial charge in [0.1, 0.15) is 0 Å². The average molecular weight is 299 g/mol. The van der Waals surface area contributed by atoms with E-state index < -0.39 is 0 Å². The van der Waals surface area contributed by atoms with Crippen molar-refractivity contribution in [3.8, 4) is 0 Å². The molecule has 0 fully saturated rings. The van der Waals surface area contributed by atoms with E-state index in [4.69, 9.17) is 0 Å². The minimum Gasteiger partial charge on any atom is -0.282 e. The van der Waals surface area contributed by atoms with Gasteiger partial charge in [0, 0.05) is 0 Å².